The van der Waals surface area contributed by atoms with Crippen LogP contribution in [0, 0.1) is 0 Å². The number of rotatable bonds is 9. The Bertz CT molecular complexity index is 457. The lowest BCUT2D eigenvalue weighted by Gasteiger charge is -2.23. The maximum atomic E-state index is 11.9. The van der Waals surface area contributed by atoms with E-state index in [-0.39, 0.29) is 5.75 Å². The van der Waals surface area contributed by atoms with Crippen LogP contribution in [0.4, 0.5) is 0 Å². The van der Waals surface area contributed by atoms with Crippen molar-refractivity contribution in [2.45, 2.75) is 38.1 Å². The monoisotopic (exact) mass is 350 g/mol. The van der Waals surface area contributed by atoms with E-state index >= 15 is 0 Å². The van der Waals surface area contributed by atoms with Crippen LogP contribution in [0.3, 0.4) is 0 Å². The highest BCUT2D eigenvalue weighted by Crippen LogP contribution is 1.97. The van der Waals surface area contributed by atoms with Gasteiger partial charge in [-0.3, -0.25) is 14.4 Å². The normalized spacial score (nSPS) is 15.7. The second-order valence-corrected chi connectivity index (χ2v) is 5.24. The molecule has 4 atom stereocenters. The minimum absolute atomic E-state index is 0.161. The number of carbonyl (C=O) groups is 4. The molecule has 0 aromatic rings. The van der Waals surface area contributed by atoms with Crippen LogP contribution in [0.2, 0.25) is 0 Å². The fourth-order valence-corrected chi connectivity index (χ4v) is 1.65. The van der Waals surface area contributed by atoms with Gasteiger partial charge in [0.15, 0.2) is 0 Å². The molecule has 0 aromatic carbocycles. The zero-order chi connectivity index (χ0) is 18.2. The molecule has 0 aromatic heterocycles. The Morgan fingerprint density at radius 3 is 2.09 bits per heavy atom. The molecule has 0 fully saturated rings. The first kappa shape index (κ1) is 21.1. The lowest BCUT2D eigenvalue weighted by atomic mass is 10.1. The molecule has 0 spiro atoms. The SMILES string of the molecule is CC(N)C(=O)NCC(=O)NC(C(=O)NC(CS)C(=O)O)C(C)O. The Balaban J connectivity index is 4.67. The van der Waals surface area contributed by atoms with Crippen LogP contribution < -0.4 is 21.7 Å². The molecule has 0 aliphatic heterocycles. The van der Waals surface area contributed by atoms with E-state index in [2.05, 4.69) is 28.6 Å². The number of hydrogen-bond acceptors (Lipinski definition) is 7. The number of aliphatic hydroxyl groups is 1. The Hall–Kier alpha value is -1.85. The lowest BCUT2D eigenvalue weighted by Crippen LogP contribution is -2.57. The molecule has 10 nitrogen and oxygen atoms in total. The van der Waals surface area contributed by atoms with Crippen LogP contribution in [-0.2, 0) is 19.2 Å². The summed E-state index contributed by atoms with van der Waals surface area (Å²) in [6, 6.07) is -3.44. The first-order chi connectivity index (χ1) is 10.6. The van der Waals surface area contributed by atoms with Gasteiger partial charge in [0.2, 0.25) is 17.7 Å². The maximum absolute atomic E-state index is 11.9. The van der Waals surface area contributed by atoms with Gasteiger partial charge in [0.05, 0.1) is 18.7 Å². The molecule has 0 radical (unpaired) electrons. The molecular formula is C12H22N4O6S. The van der Waals surface area contributed by atoms with Crippen molar-refractivity contribution >= 4 is 36.3 Å². The van der Waals surface area contributed by atoms with E-state index < -0.39 is 54.5 Å². The molecule has 0 saturated carbocycles. The summed E-state index contributed by atoms with van der Waals surface area (Å²) >= 11 is 3.79. The van der Waals surface area contributed by atoms with Crippen molar-refractivity contribution in [1.82, 2.24) is 16.0 Å². The summed E-state index contributed by atoms with van der Waals surface area (Å²) in [6.45, 7) is 2.25. The zero-order valence-electron chi connectivity index (χ0n) is 12.8. The van der Waals surface area contributed by atoms with Gasteiger partial charge in [-0.05, 0) is 13.8 Å². The molecule has 0 heterocycles. The zero-order valence-corrected chi connectivity index (χ0v) is 13.7. The third-order valence-corrected chi connectivity index (χ3v) is 3.08. The van der Waals surface area contributed by atoms with Crippen molar-refractivity contribution in [2.75, 3.05) is 12.3 Å². The molecule has 0 saturated heterocycles. The van der Waals surface area contributed by atoms with Crippen LogP contribution in [-0.4, -0.2) is 70.4 Å². The highest BCUT2D eigenvalue weighted by atomic mass is 32.1. The van der Waals surface area contributed by atoms with Gasteiger partial charge in [0.25, 0.3) is 0 Å². The van der Waals surface area contributed by atoms with Gasteiger partial charge in [0.1, 0.15) is 12.1 Å². The van der Waals surface area contributed by atoms with E-state index in [1.54, 1.807) is 0 Å². The van der Waals surface area contributed by atoms with E-state index in [0.717, 1.165) is 0 Å². The standard InChI is InChI=1S/C12H22N4O6S/c1-5(13)10(19)14-3-8(18)16-9(6(2)17)11(20)15-7(4-23)12(21)22/h5-7,9,17,23H,3-4,13H2,1-2H3,(H,14,19)(H,15,20)(H,16,18)(H,21,22). The highest BCUT2D eigenvalue weighted by molar-refractivity contribution is 7.80. The number of nitrogens with two attached hydrogens (primary N) is 1. The number of nitrogens with one attached hydrogen (secondary N) is 3. The molecule has 0 aliphatic carbocycles. The van der Waals surface area contributed by atoms with E-state index in [1.165, 1.54) is 13.8 Å². The number of carboxylic acid groups (broad SMARTS) is 1. The number of thiol groups is 1. The van der Waals surface area contributed by atoms with Crippen LogP contribution in [0.25, 0.3) is 0 Å². The summed E-state index contributed by atoms with van der Waals surface area (Å²) in [7, 11) is 0. The minimum atomic E-state index is -1.38. The largest absolute Gasteiger partial charge is 0.480 e. The van der Waals surface area contributed by atoms with Crippen molar-refractivity contribution in [2.24, 2.45) is 5.73 Å². The van der Waals surface area contributed by atoms with Crippen LogP contribution >= 0.6 is 12.6 Å². The van der Waals surface area contributed by atoms with E-state index in [9.17, 15) is 24.3 Å². The van der Waals surface area contributed by atoms with Crippen molar-refractivity contribution in [3.8, 4) is 0 Å². The third kappa shape index (κ3) is 7.81. The first-order valence-corrected chi connectivity index (χ1v) is 7.38. The molecule has 0 aliphatic rings. The van der Waals surface area contributed by atoms with Crippen LogP contribution in [0.15, 0.2) is 0 Å². The fraction of sp³-hybridized carbons (Fsp3) is 0.667. The second kappa shape index (κ2) is 10.0. The first-order valence-electron chi connectivity index (χ1n) is 6.74. The van der Waals surface area contributed by atoms with Gasteiger partial charge >= 0.3 is 5.97 Å². The average Bonchev–Trinajstić information content (AvgIpc) is 2.46. The quantitative estimate of drug-likeness (QED) is 0.215. The van der Waals surface area contributed by atoms with Gasteiger partial charge in [-0.25, -0.2) is 4.79 Å². The summed E-state index contributed by atoms with van der Waals surface area (Å²) < 4.78 is 0. The van der Waals surface area contributed by atoms with Crippen molar-refractivity contribution in [3.05, 3.63) is 0 Å². The van der Waals surface area contributed by atoms with Gasteiger partial charge in [-0.15, -0.1) is 0 Å². The third-order valence-electron chi connectivity index (χ3n) is 2.72. The summed E-state index contributed by atoms with van der Waals surface area (Å²) in [6.07, 6.45) is -1.28. The number of aliphatic hydroxyl groups excluding tert-OH is 1. The molecule has 3 amide bonds. The molecular weight excluding hydrogens is 328 g/mol. The number of carboxylic acids is 1. The predicted octanol–water partition coefficient (Wildman–Crippen LogP) is -3.19. The van der Waals surface area contributed by atoms with Crippen LogP contribution in [0.1, 0.15) is 13.8 Å². The Morgan fingerprint density at radius 1 is 1.13 bits per heavy atom. The second-order valence-electron chi connectivity index (χ2n) is 4.87. The molecule has 0 rings (SSSR count). The van der Waals surface area contributed by atoms with Gasteiger partial charge in [-0.1, -0.05) is 0 Å². The van der Waals surface area contributed by atoms with Gasteiger partial charge in [-0.2, -0.15) is 12.6 Å². The molecule has 7 N–H and O–H groups in total. The van der Waals surface area contributed by atoms with Crippen LogP contribution in [0.5, 0.6) is 0 Å². The van der Waals surface area contributed by atoms with E-state index in [4.69, 9.17) is 10.8 Å². The highest BCUT2D eigenvalue weighted by Gasteiger charge is 2.29. The molecule has 23 heavy (non-hydrogen) atoms. The number of aliphatic carboxylic acids is 1. The van der Waals surface area contributed by atoms with Crippen molar-refractivity contribution < 1.29 is 29.4 Å². The molecule has 0 bridgehead atoms. The summed E-state index contributed by atoms with van der Waals surface area (Å²) in [5.74, 6) is -3.63. The number of carbonyl (C=O) groups excluding carboxylic acids is 3. The Labute approximate surface area is 138 Å². The van der Waals surface area contributed by atoms with Crippen molar-refractivity contribution in [3.63, 3.8) is 0 Å². The molecule has 132 valence electrons. The predicted molar refractivity (Wildman–Crippen MR) is 83.7 cm³/mol. The number of hydrogen-bond donors (Lipinski definition) is 7. The summed E-state index contributed by atoms with van der Waals surface area (Å²) in [5, 5.41) is 25.0. The van der Waals surface area contributed by atoms with Gasteiger partial charge in [0, 0.05) is 5.75 Å². The van der Waals surface area contributed by atoms with E-state index in [1.807, 2.05) is 0 Å². The van der Waals surface area contributed by atoms with E-state index in [0.29, 0.717) is 0 Å². The minimum Gasteiger partial charge on any atom is -0.480 e. The number of amides is 3. The molecule has 4 unspecified atom stereocenters. The lowest BCUT2D eigenvalue weighted by molar-refractivity contribution is -0.142. The maximum Gasteiger partial charge on any atom is 0.327 e. The average molecular weight is 350 g/mol. The summed E-state index contributed by atoms with van der Waals surface area (Å²) in [5.41, 5.74) is 5.31. The topological polar surface area (TPSA) is 171 Å². The van der Waals surface area contributed by atoms with Gasteiger partial charge < -0.3 is 31.9 Å². The smallest absolute Gasteiger partial charge is 0.327 e. The molecule has 11 heteroatoms. The fourth-order valence-electron chi connectivity index (χ4n) is 1.41. The van der Waals surface area contributed by atoms with Crippen molar-refractivity contribution in [1.29, 1.82) is 0 Å². The summed E-state index contributed by atoms with van der Waals surface area (Å²) in [4.78, 5) is 45.7. The Morgan fingerprint density at radius 2 is 1.70 bits per heavy atom. The Kier molecular flexibility index (Phi) is 9.22.